The summed E-state index contributed by atoms with van der Waals surface area (Å²) in [5, 5.41) is 0.704. The Hall–Kier alpha value is -0.470. The van der Waals surface area contributed by atoms with E-state index in [2.05, 4.69) is 37.6 Å². The zero-order valence-electron chi connectivity index (χ0n) is 13.0. The summed E-state index contributed by atoms with van der Waals surface area (Å²) >= 11 is 12.2. The van der Waals surface area contributed by atoms with Crippen molar-refractivity contribution in [1.29, 1.82) is 0 Å². The molecule has 0 N–H and O–H groups in total. The lowest BCUT2D eigenvalue weighted by Crippen LogP contribution is -2.28. The number of hydrogen-bond acceptors (Lipinski definition) is 2. The van der Waals surface area contributed by atoms with E-state index >= 15 is 0 Å². The lowest BCUT2D eigenvalue weighted by Gasteiger charge is -2.26. The first-order valence-corrected chi connectivity index (χ1v) is 8.30. The fraction of sp³-hybridized carbons (Fsp3) is 0.688. The third-order valence-electron chi connectivity index (χ3n) is 3.28. The van der Waals surface area contributed by atoms with E-state index in [0.717, 1.165) is 37.3 Å². The second-order valence-corrected chi connectivity index (χ2v) is 6.81. The molecule has 0 atom stereocenters. The van der Waals surface area contributed by atoms with E-state index in [0.29, 0.717) is 22.7 Å². The number of anilines is 1. The van der Waals surface area contributed by atoms with Crippen LogP contribution in [-0.4, -0.2) is 18.1 Å². The van der Waals surface area contributed by atoms with Crippen molar-refractivity contribution in [2.75, 3.05) is 18.0 Å². The Labute approximate surface area is 133 Å². The van der Waals surface area contributed by atoms with Gasteiger partial charge in [0.2, 0.25) is 0 Å². The average Bonchev–Trinajstić information content (AvgIpc) is 2.39. The van der Waals surface area contributed by atoms with Crippen LogP contribution in [0.5, 0.6) is 0 Å². The van der Waals surface area contributed by atoms with E-state index in [1.165, 1.54) is 0 Å². The van der Waals surface area contributed by atoms with Gasteiger partial charge in [0.15, 0.2) is 0 Å². The quantitative estimate of drug-likeness (QED) is 0.599. The van der Waals surface area contributed by atoms with Gasteiger partial charge in [0.05, 0.1) is 5.02 Å². The second kappa shape index (κ2) is 8.74. The molecule has 1 aromatic heterocycles. The number of aromatic nitrogens is 1. The van der Waals surface area contributed by atoms with Gasteiger partial charge >= 0.3 is 0 Å². The largest absolute Gasteiger partial charge is 0.355 e. The molecule has 114 valence electrons. The van der Waals surface area contributed by atoms with Crippen LogP contribution < -0.4 is 4.90 Å². The van der Waals surface area contributed by atoms with Gasteiger partial charge < -0.3 is 4.90 Å². The van der Waals surface area contributed by atoms with Gasteiger partial charge in [-0.25, -0.2) is 4.98 Å². The van der Waals surface area contributed by atoms with Gasteiger partial charge in [-0.15, -0.1) is 11.6 Å². The van der Waals surface area contributed by atoms with Gasteiger partial charge in [-0.3, -0.25) is 0 Å². The topological polar surface area (TPSA) is 16.1 Å². The number of pyridine rings is 1. The zero-order chi connectivity index (χ0) is 15.1. The lowest BCUT2D eigenvalue weighted by atomic mass is 10.1. The summed E-state index contributed by atoms with van der Waals surface area (Å²) in [7, 11) is 0. The number of hydrogen-bond donors (Lipinski definition) is 0. The summed E-state index contributed by atoms with van der Waals surface area (Å²) in [5.41, 5.74) is 0.966. The monoisotopic (exact) mass is 316 g/mol. The van der Waals surface area contributed by atoms with Gasteiger partial charge in [0.1, 0.15) is 5.82 Å². The van der Waals surface area contributed by atoms with Crippen LogP contribution in [0.15, 0.2) is 12.3 Å². The van der Waals surface area contributed by atoms with E-state index in [4.69, 9.17) is 23.2 Å². The van der Waals surface area contributed by atoms with Crippen LogP contribution in [0.4, 0.5) is 5.82 Å². The first-order chi connectivity index (χ1) is 9.43. The Balaban J connectivity index is 2.84. The van der Waals surface area contributed by atoms with E-state index < -0.39 is 0 Å². The van der Waals surface area contributed by atoms with Crippen LogP contribution in [-0.2, 0) is 5.88 Å². The number of nitrogens with zero attached hydrogens (tertiary/aromatic N) is 2. The summed E-state index contributed by atoms with van der Waals surface area (Å²) < 4.78 is 0. The maximum absolute atomic E-state index is 6.37. The molecule has 0 unspecified atom stereocenters. The maximum atomic E-state index is 6.37. The Kier molecular flexibility index (Phi) is 7.68. The Bertz CT molecular complexity index is 393. The molecule has 1 heterocycles. The van der Waals surface area contributed by atoms with Crippen LogP contribution in [0.3, 0.4) is 0 Å². The Morgan fingerprint density at radius 2 is 1.65 bits per heavy atom. The third-order valence-corrected chi connectivity index (χ3v) is 3.87. The van der Waals surface area contributed by atoms with Crippen molar-refractivity contribution in [2.45, 2.75) is 46.4 Å². The third kappa shape index (κ3) is 5.88. The summed E-state index contributed by atoms with van der Waals surface area (Å²) in [4.78, 5) is 6.82. The van der Waals surface area contributed by atoms with Crippen LogP contribution >= 0.6 is 23.2 Å². The van der Waals surface area contributed by atoms with E-state index in [1.54, 1.807) is 0 Å². The average molecular weight is 317 g/mol. The molecule has 20 heavy (non-hydrogen) atoms. The molecule has 0 amide bonds. The molecule has 0 fully saturated rings. The highest BCUT2D eigenvalue weighted by Gasteiger charge is 2.13. The molecule has 0 spiro atoms. The molecular formula is C16H26Cl2N2. The van der Waals surface area contributed by atoms with Crippen molar-refractivity contribution in [3.05, 3.63) is 22.8 Å². The normalized spacial score (nSPS) is 11.4. The predicted octanol–water partition coefficient (Wildman–Crippen LogP) is 5.37. The van der Waals surface area contributed by atoms with E-state index in [-0.39, 0.29) is 0 Å². The highest BCUT2D eigenvalue weighted by molar-refractivity contribution is 6.33. The van der Waals surface area contributed by atoms with Crippen molar-refractivity contribution in [3.63, 3.8) is 0 Å². The second-order valence-electron chi connectivity index (χ2n) is 6.13. The molecule has 0 aliphatic rings. The van der Waals surface area contributed by atoms with Crippen LogP contribution in [0.25, 0.3) is 0 Å². The van der Waals surface area contributed by atoms with Crippen molar-refractivity contribution in [1.82, 2.24) is 4.98 Å². The Morgan fingerprint density at radius 3 is 2.05 bits per heavy atom. The van der Waals surface area contributed by atoms with Gasteiger partial charge in [-0.05, 0) is 36.3 Å². The van der Waals surface area contributed by atoms with E-state index in [9.17, 15) is 0 Å². The van der Waals surface area contributed by atoms with Gasteiger partial charge in [0, 0.05) is 25.2 Å². The summed E-state index contributed by atoms with van der Waals surface area (Å²) in [6.45, 7) is 11.0. The van der Waals surface area contributed by atoms with Gasteiger partial charge in [0.25, 0.3) is 0 Å². The fourth-order valence-electron chi connectivity index (χ4n) is 1.93. The Morgan fingerprint density at radius 1 is 1.10 bits per heavy atom. The van der Waals surface area contributed by atoms with Crippen molar-refractivity contribution in [3.8, 4) is 0 Å². The highest BCUT2D eigenvalue weighted by atomic mass is 35.5. The minimum absolute atomic E-state index is 0.449. The summed E-state index contributed by atoms with van der Waals surface area (Å²) in [6.07, 6.45) is 4.12. The highest BCUT2D eigenvalue weighted by Crippen LogP contribution is 2.26. The van der Waals surface area contributed by atoms with Crippen molar-refractivity contribution < 1.29 is 0 Å². The standard InChI is InChI=1S/C16H26Cl2N2/c1-12(2)5-7-20(8-6-13(3)4)16-15(18)9-14(10-17)11-19-16/h9,11-13H,5-8,10H2,1-4H3. The summed E-state index contributed by atoms with van der Waals surface area (Å²) in [6, 6.07) is 1.93. The van der Waals surface area contributed by atoms with Gasteiger partial charge in [-0.2, -0.15) is 0 Å². The van der Waals surface area contributed by atoms with Crippen LogP contribution in [0.1, 0.15) is 46.1 Å². The molecule has 0 aliphatic heterocycles. The molecule has 0 bridgehead atoms. The molecule has 1 rings (SSSR count). The van der Waals surface area contributed by atoms with Crippen LogP contribution in [0.2, 0.25) is 5.02 Å². The molecule has 1 aromatic rings. The molecular weight excluding hydrogens is 291 g/mol. The van der Waals surface area contributed by atoms with Crippen LogP contribution in [0, 0.1) is 11.8 Å². The number of halogens is 2. The first-order valence-electron chi connectivity index (χ1n) is 7.39. The molecule has 0 radical (unpaired) electrons. The fourth-order valence-corrected chi connectivity index (χ4v) is 2.38. The van der Waals surface area contributed by atoms with Crippen molar-refractivity contribution >= 4 is 29.0 Å². The molecule has 0 aliphatic carbocycles. The number of alkyl halides is 1. The SMILES string of the molecule is CC(C)CCN(CCC(C)C)c1ncc(CCl)cc1Cl. The predicted molar refractivity (Wildman–Crippen MR) is 89.9 cm³/mol. The molecule has 4 heteroatoms. The van der Waals surface area contributed by atoms with Gasteiger partial charge in [-0.1, -0.05) is 39.3 Å². The molecule has 2 nitrogen and oxygen atoms in total. The van der Waals surface area contributed by atoms with E-state index in [1.807, 2.05) is 12.3 Å². The van der Waals surface area contributed by atoms with Crippen molar-refractivity contribution in [2.24, 2.45) is 11.8 Å². The number of rotatable bonds is 8. The smallest absolute Gasteiger partial charge is 0.147 e. The molecule has 0 aromatic carbocycles. The lowest BCUT2D eigenvalue weighted by molar-refractivity contribution is 0.533. The minimum atomic E-state index is 0.449. The summed E-state index contributed by atoms with van der Waals surface area (Å²) in [5.74, 6) is 2.70. The minimum Gasteiger partial charge on any atom is -0.355 e. The first kappa shape index (κ1) is 17.6. The molecule has 0 saturated carbocycles. The maximum Gasteiger partial charge on any atom is 0.147 e. The zero-order valence-corrected chi connectivity index (χ0v) is 14.5. The molecule has 0 saturated heterocycles.